The first-order valence-electron chi connectivity index (χ1n) is 8.53. The highest BCUT2D eigenvalue weighted by Crippen LogP contribution is 2.42. The van der Waals surface area contributed by atoms with Crippen LogP contribution in [0.25, 0.3) is 11.0 Å². The lowest BCUT2D eigenvalue weighted by Crippen LogP contribution is -2.62. The largest absolute Gasteiger partial charge is 0.392 e. The number of H-pyrrole nitrogens is 1. The summed E-state index contributed by atoms with van der Waals surface area (Å²) in [6.07, 6.45) is 6.49. The molecule has 2 aromatic rings. The number of nitrogens with zero attached hydrogens (tertiary/aromatic N) is 1. The smallest absolute Gasteiger partial charge is 0.237 e. The summed E-state index contributed by atoms with van der Waals surface area (Å²) in [5, 5.41) is 10.4. The quantitative estimate of drug-likeness (QED) is 0.563. The van der Waals surface area contributed by atoms with Gasteiger partial charge in [0.05, 0.1) is 6.61 Å². The maximum Gasteiger partial charge on any atom is 0.237 e. The molecule has 2 aliphatic rings. The minimum atomic E-state index is -0.000161. The minimum absolute atomic E-state index is 0.000161. The summed E-state index contributed by atoms with van der Waals surface area (Å²) in [5.41, 5.74) is 14.5. The number of aliphatic hydroxyl groups excluding tert-OH is 1. The third-order valence-electron chi connectivity index (χ3n) is 5.67. The predicted molar refractivity (Wildman–Crippen MR) is 89.7 cm³/mol. The molecule has 0 radical (unpaired) electrons. The SMILES string of the molecule is NCC1NNC(=O)C2CCC(c3cnc4[nH]cc(CO)c4c3)CC12. The number of pyridine rings is 1. The second kappa shape index (κ2) is 6.16. The highest BCUT2D eigenvalue weighted by atomic mass is 16.3. The van der Waals surface area contributed by atoms with E-state index in [9.17, 15) is 9.90 Å². The molecule has 1 saturated heterocycles. The van der Waals surface area contributed by atoms with Crippen LogP contribution in [0.2, 0.25) is 0 Å². The van der Waals surface area contributed by atoms with Crippen LogP contribution in [0.3, 0.4) is 0 Å². The topological polar surface area (TPSA) is 116 Å². The van der Waals surface area contributed by atoms with Gasteiger partial charge in [-0.1, -0.05) is 0 Å². The molecule has 2 fully saturated rings. The van der Waals surface area contributed by atoms with Crippen molar-refractivity contribution in [2.75, 3.05) is 6.54 Å². The molecular weight excluding hydrogens is 306 g/mol. The van der Waals surface area contributed by atoms with E-state index in [4.69, 9.17) is 5.73 Å². The van der Waals surface area contributed by atoms with E-state index in [-0.39, 0.29) is 30.4 Å². The third-order valence-corrected chi connectivity index (χ3v) is 5.67. The van der Waals surface area contributed by atoms with Crippen molar-refractivity contribution >= 4 is 16.9 Å². The molecule has 7 nitrogen and oxygen atoms in total. The number of hydrogen-bond acceptors (Lipinski definition) is 5. The number of hydrazine groups is 1. The van der Waals surface area contributed by atoms with E-state index in [1.807, 2.05) is 6.20 Å². The van der Waals surface area contributed by atoms with E-state index in [1.54, 1.807) is 6.20 Å². The molecule has 4 atom stereocenters. The predicted octanol–water partition coefficient (Wildman–Crippen LogP) is 0.517. The van der Waals surface area contributed by atoms with E-state index in [0.29, 0.717) is 12.5 Å². The van der Waals surface area contributed by atoms with Crippen LogP contribution in [-0.2, 0) is 11.4 Å². The first-order valence-corrected chi connectivity index (χ1v) is 8.53. The van der Waals surface area contributed by atoms with Crippen molar-refractivity contribution in [2.24, 2.45) is 17.6 Å². The van der Waals surface area contributed by atoms with Crippen molar-refractivity contribution < 1.29 is 9.90 Å². The van der Waals surface area contributed by atoms with Crippen LogP contribution in [-0.4, -0.2) is 33.6 Å². The molecule has 128 valence electrons. The molecule has 1 aliphatic carbocycles. The molecule has 0 bridgehead atoms. The van der Waals surface area contributed by atoms with Crippen LogP contribution in [0.1, 0.15) is 36.3 Å². The summed E-state index contributed by atoms with van der Waals surface area (Å²) in [6, 6.07) is 2.25. The fraction of sp³-hybridized carbons (Fsp3) is 0.529. The number of aromatic nitrogens is 2. The van der Waals surface area contributed by atoms with Gasteiger partial charge < -0.3 is 15.8 Å². The lowest BCUT2D eigenvalue weighted by molar-refractivity contribution is -0.133. The van der Waals surface area contributed by atoms with Crippen molar-refractivity contribution in [2.45, 2.75) is 37.8 Å². The molecule has 1 saturated carbocycles. The Bertz CT molecular complexity index is 759. The van der Waals surface area contributed by atoms with Gasteiger partial charge in [-0.2, -0.15) is 0 Å². The van der Waals surface area contributed by atoms with E-state index in [0.717, 1.165) is 35.9 Å². The van der Waals surface area contributed by atoms with Gasteiger partial charge in [0.15, 0.2) is 0 Å². The zero-order valence-electron chi connectivity index (χ0n) is 13.5. The van der Waals surface area contributed by atoms with Crippen LogP contribution in [0.15, 0.2) is 18.5 Å². The third kappa shape index (κ3) is 2.49. The number of amides is 1. The fourth-order valence-electron chi connectivity index (χ4n) is 4.30. The molecule has 7 heteroatoms. The van der Waals surface area contributed by atoms with Gasteiger partial charge in [0, 0.05) is 41.8 Å². The monoisotopic (exact) mass is 329 g/mol. The maximum absolute atomic E-state index is 12.1. The van der Waals surface area contributed by atoms with Gasteiger partial charge in [0.2, 0.25) is 5.91 Å². The maximum atomic E-state index is 12.1. The van der Waals surface area contributed by atoms with E-state index in [2.05, 4.69) is 26.9 Å². The molecule has 0 spiro atoms. The Morgan fingerprint density at radius 3 is 3.04 bits per heavy atom. The standard InChI is InChI=1S/C17H23N5O2/c18-5-15-14-3-9(1-2-12(14)17(24)22-21-15)10-4-13-11(8-23)7-20-16(13)19-6-10/h4,6-7,9,12,14-15,21,23H,1-3,5,8,18H2,(H,19,20)(H,22,24). The Kier molecular flexibility index (Phi) is 3.99. The molecule has 1 aliphatic heterocycles. The summed E-state index contributed by atoms with van der Waals surface area (Å²) < 4.78 is 0. The van der Waals surface area contributed by atoms with Crippen molar-refractivity contribution in [1.82, 2.24) is 20.8 Å². The van der Waals surface area contributed by atoms with Gasteiger partial charge in [-0.3, -0.25) is 10.2 Å². The first kappa shape index (κ1) is 15.6. The fourth-order valence-corrected chi connectivity index (χ4v) is 4.30. The zero-order valence-corrected chi connectivity index (χ0v) is 13.5. The highest BCUT2D eigenvalue weighted by Gasteiger charge is 2.42. The summed E-state index contributed by atoms with van der Waals surface area (Å²) >= 11 is 0. The molecule has 6 N–H and O–H groups in total. The molecule has 0 aromatic carbocycles. The van der Waals surface area contributed by atoms with Crippen LogP contribution >= 0.6 is 0 Å². The number of carbonyl (C=O) groups is 1. The lowest BCUT2D eigenvalue weighted by atomic mass is 9.68. The van der Waals surface area contributed by atoms with Gasteiger partial charge >= 0.3 is 0 Å². The summed E-state index contributed by atoms with van der Waals surface area (Å²) in [5.74, 6) is 0.756. The normalized spacial score (nSPS) is 30.2. The molecule has 1 amide bonds. The second-order valence-electron chi connectivity index (χ2n) is 6.89. The molecule has 4 rings (SSSR count). The number of aliphatic hydroxyl groups is 1. The van der Waals surface area contributed by atoms with Gasteiger partial charge in [-0.15, -0.1) is 0 Å². The van der Waals surface area contributed by atoms with E-state index >= 15 is 0 Å². The number of fused-ring (bicyclic) bond motifs is 2. The van der Waals surface area contributed by atoms with Crippen LogP contribution < -0.4 is 16.6 Å². The van der Waals surface area contributed by atoms with Gasteiger partial charge in [0.1, 0.15) is 5.65 Å². The number of nitrogens with one attached hydrogen (secondary N) is 3. The zero-order chi connectivity index (χ0) is 16.7. The van der Waals surface area contributed by atoms with Crippen molar-refractivity contribution in [3.63, 3.8) is 0 Å². The van der Waals surface area contributed by atoms with Gasteiger partial charge in [-0.25, -0.2) is 10.4 Å². The Morgan fingerprint density at radius 1 is 1.38 bits per heavy atom. The molecule has 4 unspecified atom stereocenters. The average molecular weight is 329 g/mol. The summed E-state index contributed by atoms with van der Waals surface area (Å²) in [7, 11) is 0. The number of carbonyl (C=O) groups excluding carboxylic acids is 1. The van der Waals surface area contributed by atoms with Gasteiger partial charge in [0.25, 0.3) is 0 Å². The summed E-state index contributed by atoms with van der Waals surface area (Å²) in [6.45, 7) is 0.512. The van der Waals surface area contributed by atoms with Crippen LogP contribution in [0.4, 0.5) is 0 Å². The number of aromatic amines is 1. The van der Waals surface area contributed by atoms with Crippen molar-refractivity contribution in [3.8, 4) is 0 Å². The van der Waals surface area contributed by atoms with Crippen LogP contribution in [0, 0.1) is 11.8 Å². The number of hydrogen-bond donors (Lipinski definition) is 5. The Labute approximate surface area is 140 Å². The number of nitrogens with two attached hydrogens (primary N) is 1. The van der Waals surface area contributed by atoms with E-state index in [1.165, 1.54) is 5.56 Å². The Balaban J connectivity index is 1.62. The Hall–Kier alpha value is -1.96. The molecular formula is C17H23N5O2. The van der Waals surface area contributed by atoms with Crippen LogP contribution in [0.5, 0.6) is 0 Å². The Morgan fingerprint density at radius 2 is 2.25 bits per heavy atom. The first-order chi connectivity index (χ1) is 11.7. The summed E-state index contributed by atoms with van der Waals surface area (Å²) in [4.78, 5) is 19.7. The lowest BCUT2D eigenvalue weighted by Gasteiger charge is -2.43. The van der Waals surface area contributed by atoms with Gasteiger partial charge in [-0.05, 0) is 42.7 Å². The van der Waals surface area contributed by atoms with Crippen molar-refractivity contribution in [3.05, 3.63) is 29.6 Å². The molecule has 2 aromatic heterocycles. The highest BCUT2D eigenvalue weighted by molar-refractivity contribution is 5.81. The average Bonchev–Trinajstić information content (AvgIpc) is 3.04. The minimum Gasteiger partial charge on any atom is -0.392 e. The van der Waals surface area contributed by atoms with E-state index < -0.39 is 0 Å². The number of rotatable bonds is 3. The van der Waals surface area contributed by atoms with Crippen molar-refractivity contribution in [1.29, 1.82) is 0 Å². The molecule has 3 heterocycles. The molecule has 24 heavy (non-hydrogen) atoms. The second-order valence-corrected chi connectivity index (χ2v) is 6.89.